The summed E-state index contributed by atoms with van der Waals surface area (Å²) in [6.07, 6.45) is 2.56. The zero-order valence-corrected chi connectivity index (χ0v) is 14.2. The van der Waals surface area contributed by atoms with Crippen molar-refractivity contribution in [2.24, 2.45) is 0 Å². The molecule has 1 aliphatic rings. The molecule has 1 N–H and O–H groups in total. The van der Waals surface area contributed by atoms with E-state index in [1.54, 1.807) is 11.8 Å². The van der Waals surface area contributed by atoms with Crippen molar-refractivity contribution in [1.29, 1.82) is 0 Å². The third-order valence-electron chi connectivity index (χ3n) is 3.97. The first-order valence-electron chi connectivity index (χ1n) is 7.72. The van der Waals surface area contributed by atoms with Crippen molar-refractivity contribution >= 4 is 17.9 Å². The molecule has 0 aliphatic carbocycles. The Morgan fingerprint density at radius 1 is 1.38 bits per heavy atom. The predicted octanol–water partition coefficient (Wildman–Crippen LogP) is 3.12. The molecule has 1 aromatic heterocycles. The number of rotatable bonds is 5. The maximum atomic E-state index is 10.9. The van der Waals surface area contributed by atoms with Crippen molar-refractivity contribution in [3.8, 4) is 11.5 Å². The van der Waals surface area contributed by atoms with Gasteiger partial charge >= 0.3 is 6.09 Å². The number of likely N-dealkylation sites (tertiary alicyclic amines) is 1. The van der Waals surface area contributed by atoms with Crippen LogP contribution in [0.3, 0.4) is 0 Å². The first-order valence-corrected chi connectivity index (χ1v) is 8.94. The second-order valence-electron chi connectivity index (χ2n) is 5.52. The first-order chi connectivity index (χ1) is 11.7. The summed E-state index contributed by atoms with van der Waals surface area (Å²) in [5.74, 6) is 0.974. The molecule has 1 amide bonds. The molecule has 1 aromatic carbocycles. The van der Waals surface area contributed by atoms with Gasteiger partial charge in [-0.2, -0.15) is 4.98 Å². The molecule has 0 spiro atoms. The van der Waals surface area contributed by atoms with Gasteiger partial charge in [-0.15, -0.1) is 11.8 Å². The summed E-state index contributed by atoms with van der Waals surface area (Å²) in [6.45, 7) is 1.27. The fraction of sp³-hybridized carbons (Fsp3) is 0.438. The zero-order valence-electron chi connectivity index (χ0n) is 13.3. The normalized spacial score (nSPS) is 15.6. The van der Waals surface area contributed by atoms with E-state index in [9.17, 15) is 4.79 Å². The Morgan fingerprint density at radius 2 is 2.08 bits per heavy atom. The Bertz CT molecular complexity index is 681. The molecule has 8 heteroatoms. The van der Waals surface area contributed by atoms with Gasteiger partial charge in [0.1, 0.15) is 6.61 Å². The minimum Gasteiger partial charge on any atom is -0.465 e. The standard InChI is InChI=1S/C16H19N3O4S/c1-24-13-4-2-11(3-5-13)15-17-14(18-23-15)10-22-12-6-8-19(9-7-12)16(20)21/h2-5,12H,6-10H2,1H3,(H,20,21). The van der Waals surface area contributed by atoms with E-state index in [0.717, 1.165) is 5.56 Å². The van der Waals surface area contributed by atoms with Crippen LogP contribution in [0.25, 0.3) is 11.5 Å². The number of benzene rings is 1. The van der Waals surface area contributed by atoms with Crippen molar-refractivity contribution in [2.45, 2.75) is 30.4 Å². The van der Waals surface area contributed by atoms with Gasteiger partial charge in [-0.25, -0.2) is 4.79 Å². The van der Waals surface area contributed by atoms with E-state index in [2.05, 4.69) is 10.1 Å². The van der Waals surface area contributed by atoms with Crippen LogP contribution in [0.5, 0.6) is 0 Å². The van der Waals surface area contributed by atoms with Crippen LogP contribution in [0.4, 0.5) is 4.79 Å². The number of amides is 1. The molecular formula is C16H19N3O4S. The van der Waals surface area contributed by atoms with Crippen LogP contribution in [0.2, 0.25) is 0 Å². The number of hydrogen-bond acceptors (Lipinski definition) is 6. The quantitative estimate of drug-likeness (QED) is 0.830. The Morgan fingerprint density at radius 3 is 2.71 bits per heavy atom. The number of thioether (sulfide) groups is 1. The van der Waals surface area contributed by atoms with Crippen molar-refractivity contribution in [1.82, 2.24) is 15.0 Å². The molecule has 0 unspecified atom stereocenters. The molecule has 0 bridgehead atoms. The Hall–Kier alpha value is -2.06. The van der Waals surface area contributed by atoms with Crippen LogP contribution < -0.4 is 0 Å². The number of ether oxygens (including phenoxy) is 1. The van der Waals surface area contributed by atoms with E-state index in [4.69, 9.17) is 14.4 Å². The van der Waals surface area contributed by atoms with Gasteiger partial charge in [0.05, 0.1) is 6.10 Å². The average molecular weight is 349 g/mol. The summed E-state index contributed by atoms with van der Waals surface area (Å²) in [5, 5.41) is 12.9. The highest BCUT2D eigenvalue weighted by Gasteiger charge is 2.23. The smallest absolute Gasteiger partial charge is 0.407 e. The van der Waals surface area contributed by atoms with Gasteiger partial charge in [-0.1, -0.05) is 5.16 Å². The van der Waals surface area contributed by atoms with Gasteiger partial charge in [0, 0.05) is 23.5 Å². The van der Waals surface area contributed by atoms with Crippen LogP contribution >= 0.6 is 11.8 Å². The lowest BCUT2D eigenvalue weighted by atomic mass is 10.1. The Kier molecular flexibility index (Phi) is 5.37. The van der Waals surface area contributed by atoms with Gasteiger partial charge in [0.2, 0.25) is 0 Å². The summed E-state index contributed by atoms with van der Waals surface area (Å²) < 4.78 is 11.1. The lowest BCUT2D eigenvalue weighted by molar-refractivity contribution is -0.00294. The molecule has 7 nitrogen and oxygen atoms in total. The summed E-state index contributed by atoms with van der Waals surface area (Å²) in [7, 11) is 0. The van der Waals surface area contributed by atoms with Gasteiger partial charge in [-0.3, -0.25) is 0 Å². The Labute approximate surface area is 144 Å². The molecule has 0 atom stereocenters. The molecule has 1 saturated heterocycles. The van der Waals surface area contributed by atoms with E-state index in [0.29, 0.717) is 37.6 Å². The van der Waals surface area contributed by atoms with E-state index in [-0.39, 0.29) is 12.7 Å². The number of piperidine rings is 1. The topological polar surface area (TPSA) is 88.7 Å². The lowest BCUT2D eigenvalue weighted by Crippen LogP contribution is -2.40. The van der Waals surface area contributed by atoms with Crippen molar-refractivity contribution in [3.63, 3.8) is 0 Å². The van der Waals surface area contributed by atoms with E-state index in [1.807, 2.05) is 30.5 Å². The van der Waals surface area contributed by atoms with Crippen LogP contribution in [0, 0.1) is 0 Å². The van der Waals surface area contributed by atoms with E-state index in [1.165, 1.54) is 9.80 Å². The van der Waals surface area contributed by atoms with Crippen molar-refractivity contribution < 1.29 is 19.2 Å². The van der Waals surface area contributed by atoms with E-state index < -0.39 is 6.09 Å². The summed E-state index contributed by atoms with van der Waals surface area (Å²) in [6, 6.07) is 7.92. The van der Waals surface area contributed by atoms with Crippen LogP contribution in [0.15, 0.2) is 33.7 Å². The molecule has 2 heterocycles. The maximum absolute atomic E-state index is 10.9. The fourth-order valence-electron chi connectivity index (χ4n) is 2.57. The monoisotopic (exact) mass is 349 g/mol. The molecule has 1 aliphatic heterocycles. The molecule has 24 heavy (non-hydrogen) atoms. The molecule has 2 aromatic rings. The largest absolute Gasteiger partial charge is 0.465 e. The Balaban J connectivity index is 1.52. The third kappa shape index (κ3) is 4.07. The van der Waals surface area contributed by atoms with Crippen molar-refractivity contribution in [2.75, 3.05) is 19.3 Å². The number of hydrogen-bond donors (Lipinski definition) is 1. The zero-order chi connectivity index (χ0) is 16.9. The minimum absolute atomic E-state index is 0.0309. The second-order valence-corrected chi connectivity index (χ2v) is 6.40. The molecule has 1 fully saturated rings. The molecule has 128 valence electrons. The molecule has 3 rings (SSSR count). The summed E-state index contributed by atoms with van der Waals surface area (Å²) in [4.78, 5) is 17.8. The van der Waals surface area contributed by atoms with Gasteiger partial charge < -0.3 is 19.3 Å². The maximum Gasteiger partial charge on any atom is 0.407 e. The number of aromatic nitrogens is 2. The van der Waals surface area contributed by atoms with Gasteiger partial charge in [0.25, 0.3) is 5.89 Å². The minimum atomic E-state index is -0.872. The van der Waals surface area contributed by atoms with Crippen LogP contribution in [-0.2, 0) is 11.3 Å². The highest BCUT2D eigenvalue weighted by atomic mass is 32.2. The van der Waals surface area contributed by atoms with Gasteiger partial charge in [0.15, 0.2) is 5.82 Å². The molecule has 0 saturated carbocycles. The van der Waals surface area contributed by atoms with Crippen molar-refractivity contribution in [3.05, 3.63) is 30.1 Å². The molecule has 0 radical (unpaired) electrons. The SMILES string of the molecule is CSc1ccc(-c2nc(COC3CCN(C(=O)O)CC3)no2)cc1. The number of carboxylic acid groups (broad SMARTS) is 1. The average Bonchev–Trinajstić information content (AvgIpc) is 3.09. The van der Waals surface area contributed by atoms with Crippen LogP contribution in [0.1, 0.15) is 18.7 Å². The summed E-state index contributed by atoms with van der Waals surface area (Å²) in [5.41, 5.74) is 0.876. The van der Waals surface area contributed by atoms with E-state index >= 15 is 0 Å². The second kappa shape index (κ2) is 7.67. The van der Waals surface area contributed by atoms with Crippen LogP contribution in [-0.4, -0.2) is 51.7 Å². The molecular weight excluding hydrogens is 330 g/mol. The highest BCUT2D eigenvalue weighted by molar-refractivity contribution is 7.98. The third-order valence-corrected chi connectivity index (χ3v) is 4.71. The first kappa shape index (κ1) is 16.8. The number of carbonyl (C=O) groups is 1. The van der Waals surface area contributed by atoms with Gasteiger partial charge in [-0.05, 0) is 43.4 Å². The summed E-state index contributed by atoms with van der Waals surface area (Å²) >= 11 is 1.68. The lowest BCUT2D eigenvalue weighted by Gasteiger charge is -2.29. The predicted molar refractivity (Wildman–Crippen MR) is 88.9 cm³/mol. The number of nitrogens with zero attached hydrogens (tertiary/aromatic N) is 3. The highest BCUT2D eigenvalue weighted by Crippen LogP contribution is 2.22. The fourth-order valence-corrected chi connectivity index (χ4v) is 2.98.